The van der Waals surface area contributed by atoms with E-state index in [0.29, 0.717) is 36.4 Å². The summed E-state index contributed by atoms with van der Waals surface area (Å²) in [4.78, 5) is 29.5. The Labute approximate surface area is 194 Å². The molecule has 0 aliphatic carbocycles. The van der Waals surface area contributed by atoms with Crippen molar-refractivity contribution in [3.63, 3.8) is 0 Å². The molecule has 1 unspecified atom stereocenters. The highest BCUT2D eigenvalue weighted by atomic mass is 19.1. The highest BCUT2D eigenvalue weighted by Gasteiger charge is 2.45. The number of hydrogen-bond acceptors (Lipinski definition) is 5. The Morgan fingerprint density at radius 3 is 2.45 bits per heavy atom. The van der Waals surface area contributed by atoms with E-state index in [4.69, 9.17) is 4.74 Å². The maximum absolute atomic E-state index is 13.6. The van der Waals surface area contributed by atoms with E-state index in [0.717, 1.165) is 18.5 Å². The quantitative estimate of drug-likeness (QED) is 0.348. The molecule has 0 radical (unpaired) electrons. The van der Waals surface area contributed by atoms with Gasteiger partial charge in [-0.2, -0.15) is 0 Å². The summed E-state index contributed by atoms with van der Waals surface area (Å²) >= 11 is 0. The number of ether oxygens (including phenoxy) is 1. The first-order valence-corrected chi connectivity index (χ1v) is 11.2. The Hall–Kier alpha value is -3.19. The van der Waals surface area contributed by atoms with Crippen LogP contribution in [0.2, 0.25) is 0 Å². The number of aliphatic hydroxyl groups is 1. The van der Waals surface area contributed by atoms with Crippen molar-refractivity contribution in [2.75, 3.05) is 33.8 Å². The monoisotopic (exact) mass is 454 g/mol. The molecule has 1 aliphatic heterocycles. The molecule has 1 fully saturated rings. The van der Waals surface area contributed by atoms with Crippen molar-refractivity contribution in [1.82, 2.24) is 9.80 Å². The normalized spacial score (nSPS) is 17.8. The van der Waals surface area contributed by atoms with Gasteiger partial charge in [0.15, 0.2) is 0 Å². The van der Waals surface area contributed by atoms with Gasteiger partial charge in [0.1, 0.15) is 17.3 Å². The summed E-state index contributed by atoms with van der Waals surface area (Å²) in [5.41, 5.74) is 1.76. The van der Waals surface area contributed by atoms with Gasteiger partial charge in [0.05, 0.1) is 18.2 Å². The van der Waals surface area contributed by atoms with Crippen molar-refractivity contribution in [3.05, 3.63) is 70.5 Å². The van der Waals surface area contributed by atoms with E-state index >= 15 is 0 Å². The number of Topliss-reactive ketones (excluding diaryl/α,β-unsaturated/α-hetero) is 1. The number of carbonyl (C=O) groups is 2. The zero-order chi connectivity index (χ0) is 24.1. The molecule has 2 aromatic rings. The lowest BCUT2D eigenvalue weighted by Crippen LogP contribution is -2.32. The summed E-state index contributed by atoms with van der Waals surface area (Å²) in [6.07, 6.45) is 1.52. The van der Waals surface area contributed by atoms with Crippen LogP contribution in [0.4, 0.5) is 4.39 Å². The van der Waals surface area contributed by atoms with Gasteiger partial charge < -0.3 is 19.6 Å². The van der Waals surface area contributed by atoms with Crippen LogP contribution in [0.3, 0.4) is 0 Å². The van der Waals surface area contributed by atoms with Crippen LogP contribution < -0.4 is 4.74 Å². The highest BCUT2D eigenvalue weighted by Crippen LogP contribution is 2.40. The lowest BCUT2D eigenvalue weighted by molar-refractivity contribution is -0.139. The molecule has 1 heterocycles. The van der Waals surface area contributed by atoms with E-state index in [1.165, 1.54) is 17.0 Å². The molecule has 1 atom stereocenters. The van der Waals surface area contributed by atoms with Gasteiger partial charge in [-0.1, -0.05) is 19.1 Å². The van der Waals surface area contributed by atoms with E-state index in [9.17, 15) is 19.1 Å². The fourth-order valence-corrected chi connectivity index (χ4v) is 4.02. The smallest absolute Gasteiger partial charge is 0.295 e. The second-order valence-corrected chi connectivity index (χ2v) is 8.53. The second-order valence-electron chi connectivity index (χ2n) is 8.53. The van der Waals surface area contributed by atoms with E-state index in [2.05, 4.69) is 0 Å². The molecule has 1 saturated heterocycles. The van der Waals surface area contributed by atoms with Crippen LogP contribution in [0.1, 0.15) is 42.5 Å². The lowest BCUT2D eigenvalue weighted by atomic mass is 9.94. The molecule has 6 nitrogen and oxygen atoms in total. The molecule has 33 heavy (non-hydrogen) atoms. The third-order valence-corrected chi connectivity index (χ3v) is 5.66. The van der Waals surface area contributed by atoms with Crippen LogP contribution in [-0.2, 0) is 9.59 Å². The zero-order valence-corrected chi connectivity index (χ0v) is 19.6. The van der Waals surface area contributed by atoms with Crippen LogP contribution in [0.5, 0.6) is 5.75 Å². The Balaban J connectivity index is 2.06. The lowest BCUT2D eigenvalue weighted by Gasteiger charge is -2.26. The minimum absolute atomic E-state index is 0.0155. The van der Waals surface area contributed by atoms with Gasteiger partial charge >= 0.3 is 0 Å². The van der Waals surface area contributed by atoms with Crippen LogP contribution in [0, 0.1) is 12.7 Å². The molecule has 0 spiro atoms. The summed E-state index contributed by atoms with van der Waals surface area (Å²) in [5.74, 6) is -1.38. The number of aliphatic hydroxyl groups excluding tert-OH is 1. The Kier molecular flexibility index (Phi) is 7.87. The summed E-state index contributed by atoms with van der Waals surface area (Å²) in [5, 5.41) is 11.2. The molecule has 0 aromatic heterocycles. The van der Waals surface area contributed by atoms with E-state index in [-0.39, 0.29) is 11.3 Å². The second kappa shape index (κ2) is 10.6. The van der Waals surface area contributed by atoms with Crippen LogP contribution in [0.25, 0.3) is 5.76 Å². The summed E-state index contributed by atoms with van der Waals surface area (Å²) in [6.45, 7) is 5.48. The van der Waals surface area contributed by atoms with Crippen LogP contribution in [0.15, 0.2) is 48.0 Å². The first-order valence-electron chi connectivity index (χ1n) is 11.2. The van der Waals surface area contributed by atoms with Crippen molar-refractivity contribution in [3.8, 4) is 5.75 Å². The molecule has 1 aliphatic rings. The van der Waals surface area contributed by atoms with Crippen LogP contribution in [-0.4, -0.2) is 60.4 Å². The number of nitrogens with zero attached hydrogens (tertiary/aromatic N) is 2. The van der Waals surface area contributed by atoms with Gasteiger partial charge in [-0.3, -0.25) is 9.59 Å². The van der Waals surface area contributed by atoms with Crippen molar-refractivity contribution in [1.29, 1.82) is 0 Å². The van der Waals surface area contributed by atoms with Gasteiger partial charge in [-0.05, 0) is 81.9 Å². The molecule has 0 bridgehead atoms. The molecular formula is C26H31FN2O4. The molecule has 0 saturated carbocycles. The number of carbonyl (C=O) groups excluding carboxylic acids is 2. The standard InChI is InChI=1S/C26H31FN2O4/c1-5-15-33-20-11-12-21(17(2)16-20)24(30)22-23(18-7-9-19(27)10-8-18)29(26(32)25(22)31)14-6-13-28(3)4/h7-12,16,23,30H,5-6,13-15H2,1-4H3/b24-22+. The van der Waals surface area contributed by atoms with Crippen molar-refractivity contribution in [2.24, 2.45) is 0 Å². The molecule has 176 valence electrons. The predicted octanol–water partition coefficient (Wildman–Crippen LogP) is 4.30. The van der Waals surface area contributed by atoms with Crippen LogP contribution >= 0.6 is 0 Å². The number of benzene rings is 2. The average molecular weight is 455 g/mol. The van der Waals surface area contributed by atoms with E-state index < -0.39 is 23.5 Å². The molecule has 2 aromatic carbocycles. The highest BCUT2D eigenvalue weighted by molar-refractivity contribution is 6.46. The number of ketones is 1. The molecular weight excluding hydrogens is 423 g/mol. The first-order chi connectivity index (χ1) is 15.7. The molecule has 1 N–H and O–H groups in total. The molecule has 3 rings (SSSR count). The number of hydrogen-bond donors (Lipinski definition) is 1. The van der Waals surface area contributed by atoms with E-state index in [1.54, 1.807) is 30.3 Å². The number of rotatable bonds is 9. The summed E-state index contributed by atoms with van der Waals surface area (Å²) < 4.78 is 19.2. The minimum atomic E-state index is -0.789. The summed E-state index contributed by atoms with van der Waals surface area (Å²) in [7, 11) is 3.87. The maximum atomic E-state index is 13.6. The fraction of sp³-hybridized carbons (Fsp3) is 0.385. The van der Waals surface area contributed by atoms with Crippen molar-refractivity contribution < 1.29 is 23.8 Å². The fourth-order valence-electron chi connectivity index (χ4n) is 4.02. The average Bonchev–Trinajstić information content (AvgIpc) is 3.02. The predicted molar refractivity (Wildman–Crippen MR) is 126 cm³/mol. The van der Waals surface area contributed by atoms with Gasteiger partial charge in [0.2, 0.25) is 0 Å². The topological polar surface area (TPSA) is 70.1 Å². The number of halogens is 1. The van der Waals surface area contributed by atoms with E-state index in [1.807, 2.05) is 32.8 Å². The third kappa shape index (κ3) is 5.42. The largest absolute Gasteiger partial charge is 0.507 e. The summed E-state index contributed by atoms with van der Waals surface area (Å²) in [6, 6.07) is 10.1. The number of likely N-dealkylation sites (tertiary alicyclic amines) is 1. The molecule has 7 heteroatoms. The first kappa shape index (κ1) is 24.5. The third-order valence-electron chi connectivity index (χ3n) is 5.66. The van der Waals surface area contributed by atoms with Crippen molar-refractivity contribution >= 4 is 17.4 Å². The van der Waals surface area contributed by atoms with Gasteiger partial charge in [-0.25, -0.2) is 4.39 Å². The van der Waals surface area contributed by atoms with Gasteiger partial charge in [0, 0.05) is 12.1 Å². The number of aryl methyl sites for hydroxylation is 1. The Morgan fingerprint density at radius 2 is 1.85 bits per heavy atom. The Morgan fingerprint density at radius 1 is 1.15 bits per heavy atom. The minimum Gasteiger partial charge on any atom is -0.507 e. The number of amides is 1. The Bertz CT molecular complexity index is 1050. The zero-order valence-electron chi connectivity index (χ0n) is 19.6. The van der Waals surface area contributed by atoms with Gasteiger partial charge in [0.25, 0.3) is 11.7 Å². The van der Waals surface area contributed by atoms with Gasteiger partial charge in [-0.15, -0.1) is 0 Å². The maximum Gasteiger partial charge on any atom is 0.295 e. The molecule has 1 amide bonds. The SMILES string of the molecule is CCCOc1ccc(/C(O)=C2\C(=O)C(=O)N(CCCN(C)C)C2c2ccc(F)cc2)c(C)c1. The van der Waals surface area contributed by atoms with Crippen molar-refractivity contribution in [2.45, 2.75) is 32.7 Å².